The third-order valence-corrected chi connectivity index (χ3v) is 4.83. The molecule has 1 aromatic carbocycles. The van der Waals surface area contributed by atoms with Gasteiger partial charge >= 0.3 is 0 Å². The fourth-order valence-corrected chi connectivity index (χ4v) is 3.47. The Bertz CT molecular complexity index is 717. The highest BCUT2D eigenvalue weighted by molar-refractivity contribution is 5.79. The van der Waals surface area contributed by atoms with Crippen molar-refractivity contribution < 1.29 is 14.2 Å². The molecule has 25 heavy (non-hydrogen) atoms. The van der Waals surface area contributed by atoms with E-state index in [9.17, 15) is 4.79 Å². The highest BCUT2D eigenvalue weighted by Crippen LogP contribution is 2.27. The van der Waals surface area contributed by atoms with Crippen molar-refractivity contribution in [1.29, 1.82) is 0 Å². The first-order chi connectivity index (χ1) is 12.1. The molecule has 3 rings (SSSR count). The van der Waals surface area contributed by atoms with E-state index >= 15 is 0 Å². The second-order valence-electron chi connectivity index (χ2n) is 6.86. The lowest BCUT2D eigenvalue weighted by Gasteiger charge is -2.34. The molecule has 0 radical (unpaired) electrons. The average molecular weight is 346 g/mol. The van der Waals surface area contributed by atoms with Crippen LogP contribution in [0.1, 0.15) is 38.2 Å². The molecule has 136 valence electrons. The number of rotatable bonds is 6. The fraction of sp³-hybridized carbons (Fsp3) is 0.611. The van der Waals surface area contributed by atoms with Crippen LogP contribution in [-0.4, -0.2) is 46.9 Å². The molecule has 1 heterocycles. The van der Waals surface area contributed by atoms with Crippen LogP contribution in [0.25, 0.3) is 11.0 Å². The van der Waals surface area contributed by atoms with E-state index in [1.807, 2.05) is 25.2 Å². The van der Waals surface area contributed by atoms with Crippen LogP contribution >= 0.6 is 0 Å². The Morgan fingerprint density at radius 2 is 2.16 bits per heavy atom. The first kappa shape index (κ1) is 17.8. The van der Waals surface area contributed by atoms with Gasteiger partial charge in [0.25, 0.3) is 0 Å². The molecule has 0 spiro atoms. The average Bonchev–Trinajstić information content (AvgIpc) is 3.07. The summed E-state index contributed by atoms with van der Waals surface area (Å²) in [6.45, 7) is 3.35. The van der Waals surface area contributed by atoms with Gasteiger partial charge in [0, 0.05) is 32.2 Å². The molecule has 0 unspecified atom stereocenters. The summed E-state index contributed by atoms with van der Waals surface area (Å²) in [7, 11) is 1.83. The van der Waals surface area contributed by atoms with Gasteiger partial charge in [-0.1, -0.05) is 13.0 Å². The fourth-order valence-electron chi connectivity index (χ4n) is 3.47. The van der Waals surface area contributed by atoms with Crippen LogP contribution in [0.3, 0.4) is 0 Å². The van der Waals surface area contributed by atoms with Gasteiger partial charge in [-0.3, -0.25) is 4.79 Å². The Kier molecular flexibility index (Phi) is 5.65. The quantitative estimate of drug-likeness (QED) is 0.861. The topological polar surface area (TPSA) is 94.5 Å². The van der Waals surface area contributed by atoms with Gasteiger partial charge in [-0.25, -0.2) is 4.63 Å². The molecule has 0 saturated heterocycles. The maximum atomic E-state index is 12.8. The van der Waals surface area contributed by atoms with E-state index in [2.05, 4.69) is 17.2 Å². The number of ether oxygens (including phenoxy) is 1. The first-order valence-electron chi connectivity index (χ1n) is 8.91. The number of hydrogen-bond acceptors (Lipinski definition) is 6. The number of aromatic nitrogens is 2. The summed E-state index contributed by atoms with van der Waals surface area (Å²) in [4.78, 5) is 14.5. The van der Waals surface area contributed by atoms with Crippen LogP contribution in [0.5, 0.6) is 0 Å². The van der Waals surface area contributed by atoms with Gasteiger partial charge in [-0.05, 0) is 53.7 Å². The molecule has 1 amide bonds. The van der Waals surface area contributed by atoms with E-state index < -0.39 is 0 Å². The molecule has 7 heteroatoms. The van der Waals surface area contributed by atoms with Crippen molar-refractivity contribution in [3.05, 3.63) is 23.8 Å². The van der Waals surface area contributed by atoms with Gasteiger partial charge in [-0.2, -0.15) is 0 Å². The van der Waals surface area contributed by atoms with E-state index in [1.54, 1.807) is 4.90 Å². The summed E-state index contributed by atoms with van der Waals surface area (Å²) >= 11 is 0. The normalized spacial score (nSPS) is 23.7. The highest BCUT2D eigenvalue weighted by Gasteiger charge is 2.33. The number of amides is 1. The van der Waals surface area contributed by atoms with Gasteiger partial charge in [0.05, 0.1) is 6.10 Å². The zero-order valence-corrected chi connectivity index (χ0v) is 14.9. The van der Waals surface area contributed by atoms with E-state index in [-0.39, 0.29) is 24.0 Å². The third-order valence-electron chi connectivity index (χ3n) is 4.83. The minimum absolute atomic E-state index is 0.0288. The van der Waals surface area contributed by atoms with Crippen molar-refractivity contribution >= 4 is 16.9 Å². The standard InChI is InChI=1S/C18H26N4O3/c1-3-8-24-17-7-5-13(10-14(17)19)18(23)22(2)11-12-4-6-15-16(9-12)21-25-20-15/h4,6,9,13-14,17H,3,5,7-8,10-11,19H2,1-2H3/t13-,14+,17+/m0/s1. The molecule has 1 aliphatic rings. The van der Waals surface area contributed by atoms with Gasteiger partial charge < -0.3 is 15.4 Å². The lowest BCUT2D eigenvalue weighted by atomic mass is 9.83. The van der Waals surface area contributed by atoms with Crippen LogP contribution in [0, 0.1) is 5.92 Å². The predicted octanol–water partition coefficient (Wildman–Crippen LogP) is 2.10. The van der Waals surface area contributed by atoms with Crippen molar-refractivity contribution in [3.63, 3.8) is 0 Å². The molecule has 2 aromatic rings. The van der Waals surface area contributed by atoms with E-state index in [4.69, 9.17) is 15.1 Å². The maximum Gasteiger partial charge on any atom is 0.225 e. The molecule has 0 bridgehead atoms. The number of benzene rings is 1. The number of hydrogen-bond donors (Lipinski definition) is 1. The third kappa shape index (κ3) is 4.16. The molecule has 2 N–H and O–H groups in total. The zero-order chi connectivity index (χ0) is 17.8. The van der Waals surface area contributed by atoms with E-state index in [0.717, 1.165) is 31.4 Å². The molecule has 1 saturated carbocycles. The summed E-state index contributed by atoms with van der Waals surface area (Å²) < 4.78 is 10.5. The maximum absolute atomic E-state index is 12.8. The Hall–Kier alpha value is -1.99. The Balaban J connectivity index is 1.57. The number of fused-ring (bicyclic) bond motifs is 1. The molecular formula is C18H26N4O3. The van der Waals surface area contributed by atoms with Crippen molar-refractivity contribution in [2.24, 2.45) is 11.7 Å². The lowest BCUT2D eigenvalue weighted by Crippen LogP contribution is -2.46. The SMILES string of the molecule is CCCO[C@@H]1CC[C@H](C(=O)N(C)Cc2ccc3nonc3c2)C[C@H]1N. The van der Waals surface area contributed by atoms with Gasteiger partial charge in [0.2, 0.25) is 5.91 Å². The number of carbonyl (C=O) groups excluding carboxylic acids is 1. The summed E-state index contributed by atoms with van der Waals surface area (Å²) in [5, 5.41) is 7.64. The molecular weight excluding hydrogens is 320 g/mol. The lowest BCUT2D eigenvalue weighted by molar-refractivity contribution is -0.137. The van der Waals surface area contributed by atoms with Gasteiger partial charge in [-0.15, -0.1) is 0 Å². The predicted molar refractivity (Wildman–Crippen MR) is 93.6 cm³/mol. The Morgan fingerprint density at radius 3 is 2.92 bits per heavy atom. The summed E-state index contributed by atoms with van der Waals surface area (Å²) in [6.07, 6.45) is 3.43. The summed E-state index contributed by atoms with van der Waals surface area (Å²) in [5.41, 5.74) is 8.65. The van der Waals surface area contributed by atoms with Gasteiger partial charge in [0.15, 0.2) is 0 Å². The molecule has 7 nitrogen and oxygen atoms in total. The van der Waals surface area contributed by atoms with Crippen LogP contribution in [0.4, 0.5) is 0 Å². The van der Waals surface area contributed by atoms with Crippen molar-refractivity contribution in [3.8, 4) is 0 Å². The number of nitrogens with two attached hydrogens (primary N) is 1. The van der Waals surface area contributed by atoms with Crippen molar-refractivity contribution in [2.45, 2.75) is 51.3 Å². The largest absolute Gasteiger partial charge is 0.377 e. The minimum Gasteiger partial charge on any atom is -0.377 e. The van der Waals surface area contributed by atoms with Crippen LogP contribution < -0.4 is 5.73 Å². The van der Waals surface area contributed by atoms with Crippen LogP contribution in [0.2, 0.25) is 0 Å². The van der Waals surface area contributed by atoms with Crippen molar-refractivity contribution in [2.75, 3.05) is 13.7 Å². The van der Waals surface area contributed by atoms with E-state index in [0.29, 0.717) is 24.0 Å². The molecule has 0 aliphatic heterocycles. The Labute approximate surface area is 147 Å². The molecule has 1 fully saturated rings. The zero-order valence-electron chi connectivity index (χ0n) is 14.9. The summed E-state index contributed by atoms with van der Waals surface area (Å²) in [6, 6.07) is 5.63. The van der Waals surface area contributed by atoms with Crippen molar-refractivity contribution in [1.82, 2.24) is 15.2 Å². The summed E-state index contributed by atoms with van der Waals surface area (Å²) in [5.74, 6) is 0.113. The van der Waals surface area contributed by atoms with E-state index in [1.165, 1.54) is 0 Å². The highest BCUT2D eigenvalue weighted by atomic mass is 16.6. The smallest absolute Gasteiger partial charge is 0.225 e. The monoisotopic (exact) mass is 346 g/mol. The molecule has 1 aromatic heterocycles. The second-order valence-corrected chi connectivity index (χ2v) is 6.86. The van der Waals surface area contributed by atoms with Crippen LogP contribution in [-0.2, 0) is 16.1 Å². The Morgan fingerprint density at radius 1 is 1.36 bits per heavy atom. The molecule has 1 aliphatic carbocycles. The van der Waals surface area contributed by atoms with Gasteiger partial charge in [0.1, 0.15) is 11.0 Å². The van der Waals surface area contributed by atoms with Crippen LogP contribution in [0.15, 0.2) is 22.8 Å². The minimum atomic E-state index is -0.0693. The second kappa shape index (κ2) is 7.93. The first-order valence-corrected chi connectivity index (χ1v) is 8.91. The molecule has 3 atom stereocenters. The number of nitrogens with zero attached hydrogens (tertiary/aromatic N) is 3. The number of carbonyl (C=O) groups is 1.